The summed E-state index contributed by atoms with van der Waals surface area (Å²) >= 11 is 0. The number of rotatable bonds is 6. The summed E-state index contributed by atoms with van der Waals surface area (Å²) in [4.78, 5) is 10.5. The van der Waals surface area contributed by atoms with Gasteiger partial charge in [0.2, 0.25) is 5.91 Å². The SMILES string of the molecule is Cc1ccc(NCCCCC(N)=O)c(C#N)c1. The number of nitriles is 1. The van der Waals surface area contributed by atoms with Gasteiger partial charge in [0.25, 0.3) is 0 Å². The molecule has 1 aromatic carbocycles. The first-order valence-electron chi connectivity index (χ1n) is 5.66. The summed E-state index contributed by atoms with van der Waals surface area (Å²) in [6, 6.07) is 7.88. The van der Waals surface area contributed by atoms with Crippen molar-refractivity contribution in [2.45, 2.75) is 26.2 Å². The van der Waals surface area contributed by atoms with Crippen LogP contribution in [0.25, 0.3) is 0 Å². The molecule has 0 bridgehead atoms. The van der Waals surface area contributed by atoms with Gasteiger partial charge in [-0.05, 0) is 37.5 Å². The van der Waals surface area contributed by atoms with Gasteiger partial charge in [0.1, 0.15) is 6.07 Å². The van der Waals surface area contributed by atoms with Crippen LogP contribution in [0.1, 0.15) is 30.4 Å². The van der Waals surface area contributed by atoms with Gasteiger partial charge >= 0.3 is 0 Å². The Morgan fingerprint density at radius 1 is 1.47 bits per heavy atom. The van der Waals surface area contributed by atoms with E-state index < -0.39 is 0 Å². The maximum atomic E-state index is 10.5. The standard InChI is InChI=1S/C13H17N3O/c1-10-5-6-12(11(8-10)9-14)16-7-3-2-4-13(15)17/h5-6,8,16H,2-4,7H2,1H3,(H2,15,17). The molecule has 0 aliphatic carbocycles. The summed E-state index contributed by atoms with van der Waals surface area (Å²) in [7, 11) is 0. The normalized spacial score (nSPS) is 9.65. The highest BCUT2D eigenvalue weighted by molar-refractivity contribution is 5.73. The number of primary amides is 1. The number of unbranched alkanes of at least 4 members (excludes halogenated alkanes) is 1. The molecule has 90 valence electrons. The fourth-order valence-corrected chi connectivity index (χ4v) is 1.55. The van der Waals surface area contributed by atoms with Gasteiger partial charge in [-0.1, -0.05) is 6.07 Å². The highest BCUT2D eigenvalue weighted by Crippen LogP contribution is 2.16. The molecule has 4 heteroatoms. The molecular formula is C13H17N3O. The Morgan fingerprint density at radius 3 is 2.88 bits per heavy atom. The van der Waals surface area contributed by atoms with E-state index >= 15 is 0 Å². The third kappa shape index (κ3) is 4.56. The molecule has 0 heterocycles. The molecule has 0 aliphatic heterocycles. The Hall–Kier alpha value is -2.02. The minimum atomic E-state index is -0.266. The number of nitrogens with two attached hydrogens (primary N) is 1. The lowest BCUT2D eigenvalue weighted by Crippen LogP contribution is -2.11. The minimum absolute atomic E-state index is 0.266. The predicted molar refractivity (Wildman–Crippen MR) is 67.4 cm³/mol. The molecule has 0 radical (unpaired) electrons. The van der Waals surface area contributed by atoms with Crippen molar-refractivity contribution in [3.8, 4) is 6.07 Å². The average molecular weight is 231 g/mol. The van der Waals surface area contributed by atoms with E-state index in [1.54, 1.807) is 0 Å². The number of benzene rings is 1. The highest BCUT2D eigenvalue weighted by atomic mass is 16.1. The molecule has 1 rings (SSSR count). The van der Waals surface area contributed by atoms with E-state index in [0.29, 0.717) is 12.0 Å². The first-order valence-corrected chi connectivity index (χ1v) is 5.66. The second-order valence-corrected chi connectivity index (χ2v) is 4.01. The third-order valence-electron chi connectivity index (χ3n) is 2.46. The predicted octanol–water partition coefficient (Wildman–Crippen LogP) is 1.93. The van der Waals surface area contributed by atoms with Gasteiger partial charge in [-0.25, -0.2) is 0 Å². The Labute approximate surface area is 101 Å². The molecule has 0 aromatic heterocycles. The Bertz CT molecular complexity index is 435. The molecular weight excluding hydrogens is 214 g/mol. The summed E-state index contributed by atoms with van der Waals surface area (Å²) in [6.07, 6.45) is 2.05. The fourth-order valence-electron chi connectivity index (χ4n) is 1.55. The maximum absolute atomic E-state index is 10.5. The lowest BCUT2D eigenvalue weighted by molar-refractivity contribution is -0.118. The minimum Gasteiger partial charge on any atom is -0.384 e. The molecule has 1 aromatic rings. The molecule has 3 N–H and O–H groups in total. The van der Waals surface area contributed by atoms with Gasteiger partial charge in [-0.15, -0.1) is 0 Å². The zero-order valence-corrected chi connectivity index (χ0v) is 9.99. The molecule has 17 heavy (non-hydrogen) atoms. The van der Waals surface area contributed by atoms with Crippen molar-refractivity contribution >= 4 is 11.6 Å². The molecule has 4 nitrogen and oxygen atoms in total. The number of hydrogen-bond donors (Lipinski definition) is 2. The van der Waals surface area contributed by atoms with E-state index in [1.165, 1.54) is 0 Å². The molecule has 0 spiro atoms. The summed E-state index contributed by atoms with van der Waals surface area (Å²) in [5, 5.41) is 12.2. The summed E-state index contributed by atoms with van der Waals surface area (Å²) in [6.45, 7) is 2.70. The zero-order valence-electron chi connectivity index (χ0n) is 9.99. The molecule has 0 atom stereocenters. The van der Waals surface area contributed by atoms with Gasteiger partial charge < -0.3 is 11.1 Å². The monoisotopic (exact) mass is 231 g/mol. The second-order valence-electron chi connectivity index (χ2n) is 4.01. The Morgan fingerprint density at radius 2 is 2.24 bits per heavy atom. The van der Waals surface area contributed by atoms with Crippen LogP contribution in [0.2, 0.25) is 0 Å². The highest BCUT2D eigenvalue weighted by Gasteiger charge is 2.01. The fraction of sp³-hybridized carbons (Fsp3) is 0.385. The summed E-state index contributed by atoms with van der Waals surface area (Å²) in [5.74, 6) is -0.266. The Kier molecular flexibility index (Phi) is 5.02. The van der Waals surface area contributed by atoms with Gasteiger partial charge in [0.05, 0.1) is 11.3 Å². The summed E-state index contributed by atoms with van der Waals surface area (Å²) in [5.41, 5.74) is 7.61. The number of nitrogens with one attached hydrogen (secondary N) is 1. The Balaban J connectivity index is 2.42. The van der Waals surface area contributed by atoms with Crippen molar-refractivity contribution in [1.29, 1.82) is 5.26 Å². The molecule has 0 saturated heterocycles. The van der Waals surface area contributed by atoms with Gasteiger partial charge in [-0.3, -0.25) is 4.79 Å². The van der Waals surface area contributed by atoms with E-state index in [9.17, 15) is 4.79 Å². The van der Waals surface area contributed by atoms with Crippen molar-refractivity contribution in [2.24, 2.45) is 5.73 Å². The maximum Gasteiger partial charge on any atom is 0.217 e. The van der Waals surface area contributed by atoms with Crippen LogP contribution in [0.5, 0.6) is 0 Å². The van der Waals surface area contributed by atoms with Crippen LogP contribution in [-0.4, -0.2) is 12.5 Å². The van der Waals surface area contributed by atoms with Crippen LogP contribution >= 0.6 is 0 Å². The quantitative estimate of drug-likeness (QED) is 0.734. The number of carbonyl (C=O) groups excluding carboxylic acids is 1. The lowest BCUT2D eigenvalue weighted by Gasteiger charge is -2.08. The van der Waals surface area contributed by atoms with Gasteiger partial charge in [0, 0.05) is 13.0 Å². The topological polar surface area (TPSA) is 78.9 Å². The van der Waals surface area contributed by atoms with Crippen LogP contribution in [-0.2, 0) is 4.79 Å². The summed E-state index contributed by atoms with van der Waals surface area (Å²) < 4.78 is 0. The lowest BCUT2D eigenvalue weighted by atomic mass is 10.1. The number of amides is 1. The van der Waals surface area contributed by atoms with Crippen molar-refractivity contribution in [3.63, 3.8) is 0 Å². The van der Waals surface area contributed by atoms with Crippen molar-refractivity contribution in [3.05, 3.63) is 29.3 Å². The zero-order chi connectivity index (χ0) is 12.7. The van der Waals surface area contributed by atoms with Crippen molar-refractivity contribution in [2.75, 3.05) is 11.9 Å². The number of nitrogens with zero attached hydrogens (tertiary/aromatic N) is 1. The second kappa shape index (κ2) is 6.54. The van der Waals surface area contributed by atoms with E-state index in [4.69, 9.17) is 11.0 Å². The number of carbonyl (C=O) groups is 1. The van der Waals surface area contributed by atoms with Gasteiger partial charge in [0.15, 0.2) is 0 Å². The average Bonchev–Trinajstić information content (AvgIpc) is 2.29. The number of anilines is 1. The van der Waals surface area contributed by atoms with E-state index in [0.717, 1.165) is 30.6 Å². The largest absolute Gasteiger partial charge is 0.384 e. The van der Waals surface area contributed by atoms with Crippen LogP contribution < -0.4 is 11.1 Å². The van der Waals surface area contributed by atoms with Gasteiger partial charge in [-0.2, -0.15) is 5.26 Å². The number of hydrogen-bond acceptors (Lipinski definition) is 3. The molecule has 1 amide bonds. The first-order chi connectivity index (χ1) is 8.13. The van der Waals surface area contributed by atoms with Crippen LogP contribution in [0, 0.1) is 18.3 Å². The van der Waals surface area contributed by atoms with Crippen LogP contribution in [0.3, 0.4) is 0 Å². The van der Waals surface area contributed by atoms with E-state index in [2.05, 4.69) is 11.4 Å². The smallest absolute Gasteiger partial charge is 0.217 e. The van der Waals surface area contributed by atoms with Crippen LogP contribution in [0.15, 0.2) is 18.2 Å². The molecule has 0 aliphatic rings. The van der Waals surface area contributed by atoms with Crippen molar-refractivity contribution in [1.82, 2.24) is 0 Å². The van der Waals surface area contributed by atoms with Crippen molar-refractivity contribution < 1.29 is 4.79 Å². The third-order valence-corrected chi connectivity index (χ3v) is 2.46. The van der Waals surface area contributed by atoms with E-state index in [1.807, 2.05) is 25.1 Å². The first kappa shape index (κ1) is 13.0. The van der Waals surface area contributed by atoms with Crippen LogP contribution in [0.4, 0.5) is 5.69 Å². The number of aryl methyl sites for hydroxylation is 1. The molecule has 0 saturated carbocycles. The molecule has 0 unspecified atom stereocenters. The molecule has 0 fully saturated rings. The van der Waals surface area contributed by atoms with E-state index in [-0.39, 0.29) is 5.91 Å².